The summed E-state index contributed by atoms with van der Waals surface area (Å²) in [6.45, 7) is 6.90. The van der Waals surface area contributed by atoms with Crippen LogP contribution < -0.4 is 15.5 Å². The quantitative estimate of drug-likeness (QED) is 0.200. The molecule has 1 unspecified atom stereocenters. The molecule has 3 aliphatic heterocycles. The van der Waals surface area contributed by atoms with Crippen LogP contribution in [0.1, 0.15) is 40.0 Å². The molecule has 0 saturated carbocycles. The largest absolute Gasteiger partial charge is 0.392 e. The number of aromatic nitrogens is 2. The average Bonchev–Trinajstić information content (AvgIpc) is 3.85. The van der Waals surface area contributed by atoms with Crippen LogP contribution in [-0.2, 0) is 36.0 Å². The van der Waals surface area contributed by atoms with E-state index in [1.54, 1.807) is 18.2 Å². The van der Waals surface area contributed by atoms with Gasteiger partial charge >= 0.3 is 0 Å². The Morgan fingerprint density at radius 1 is 1.04 bits per heavy atom. The van der Waals surface area contributed by atoms with Crippen LogP contribution in [0.3, 0.4) is 0 Å². The number of aliphatic hydroxyl groups excluding tert-OH is 1. The Kier molecular flexibility index (Phi) is 10.5. The van der Waals surface area contributed by atoms with E-state index < -0.39 is 10.0 Å². The van der Waals surface area contributed by atoms with Gasteiger partial charge in [0.25, 0.3) is 5.91 Å². The summed E-state index contributed by atoms with van der Waals surface area (Å²) < 4.78 is 28.8. The Bertz CT molecular complexity index is 2030. The molecule has 0 spiro atoms. The molecule has 1 fully saturated rings. The second-order valence-electron chi connectivity index (χ2n) is 13.9. The van der Waals surface area contributed by atoms with Crippen LogP contribution in [0.2, 0.25) is 5.02 Å². The summed E-state index contributed by atoms with van der Waals surface area (Å²) in [6.07, 6.45) is 3.37. The summed E-state index contributed by atoms with van der Waals surface area (Å²) >= 11 is 6.79. The minimum Gasteiger partial charge on any atom is -0.392 e. The van der Waals surface area contributed by atoms with Gasteiger partial charge in [0, 0.05) is 118 Å². The summed E-state index contributed by atoms with van der Waals surface area (Å²) in [5.74, 6) is -0.185. The molecular weight excluding hydrogens is 686 g/mol. The van der Waals surface area contributed by atoms with E-state index in [2.05, 4.69) is 31.2 Å². The number of aryl methyl sites for hydroxylation is 1. The van der Waals surface area contributed by atoms with Gasteiger partial charge < -0.3 is 25.5 Å². The maximum Gasteiger partial charge on any atom is 0.251 e. The number of carbonyl (C=O) groups excluding carboxylic acids is 1. The molecule has 1 atom stereocenters. The standard InChI is InChI=1S/C38H46ClN7O4S/c1-43(2)51(49,50)31-9-7-26-12-19-45(36(26)23-31)20-15-41-38(48)29-6-3-5-27(21-29)32-22-28(8-10-34(32)39)37-33-24-40-14-11-35(33)46(42-37)17-4-16-44-18-13-30(47)25-44/h3,5-10,21-23,30,40,47H,4,11-20,24-25H2,1-2H3,(H,41,48). The molecule has 270 valence electrons. The normalized spacial score (nSPS) is 17.6. The molecule has 0 radical (unpaired) electrons. The van der Waals surface area contributed by atoms with Crippen LogP contribution in [0.4, 0.5) is 5.69 Å². The first-order valence-corrected chi connectivity index (χ1v) is 19.6. The van der Waals surface area contributed by atoms with Crippen LogP contribution in [0.15, 0.2) is 65.6 Å². The Morgan fingerprint density at radius 2 is 1.90 bits per heavy atom. The second kappa shape index (κ2) is 15.1. The lowest BCUT2D eigenvalue weighted by atomic mass is 9.97. The van der Waals surface area contributed by atoms with Gasteiger partial charge in [-0.1, -0.05) is 35.9 Å². The molecule has 3 aromatic carbocycles. The van der Waals surface area contributed by atoms with Gasteiger partial charge in [-0.2, -0.15) is 5.10 Å². The Balaban J connectivity index is 1.04. The smallest absolute Gasteiger partial charge is 0.251 e. The monoisotopic (exact) mass is 731 g/mol. The minimum atomic E-state index is -3.54. The molecule has 0 bridgehead atoms. The summed E-state index contributed by atoms with van der Waals surface area (Å²) in [5, 5.41) is 22.2. The molecule has 13 heteroatoms. The van der Waals surface area contributed by atoms with Crippen LogP contribution in [0, 0.1) is 0 Å². The summed E-state index contributed by atoms with van der Waals surface area (Å²) in [4.78, 5) is 18.1. The minimum absolute atomic E-state index is 0.185. The van der Waals surface area contributed by atoms with Crippen molar-refractivity contribution in [2.24, 2.45) is 0 Å². The van der Waals surface area contributed by atoms with Crippen molar-refractivity contribution in [2.75, 3.05) is 64.8 Å². The number of anilines is 1. The summed E-state index contributed by atoms with van der Waals surface area (Å²) in [6, 6.07) is 18.8. The third-order valence-corrected chi connectivity index (χ3v) is 12.4. The molecule has 7 rings (SSSR count). The molecule has 3 N–H and O–H groups in total. The lowest BCUT2D eigenvalue weighted by molar-refractivity contribution is 0.0954. The first-order chi connectivity index (χ1) is 24.6. The number of β-amino-alcohol motifs (C(OH)–C–C–N with tert-alkyl or cyclic N) is 1. The van der Waals surface area contributed by atoms with Gasteiger partial charge in [-0.3, -0.25) is 9.48 Å². The molecule has 51 heavy (non-hydrogen) atoms. The zero-order chi connectivity index (χ0) is 35.7. The molecule has 0 aliphatic carbocycles. The molecule has 4 heterocycles. The van der Waals surface area contributed by atoms with E-state index in [9.17, 15) is 18.3 Å². The molecule has 1 saturated heterocycles. The summed E-state index contributed by atoms with van der Waals surface area (Å²) in [5.41, 5.74) is 8.65. The number of sulfonamides is 1. The zero-order valence-corrected chi connectivity index (χ0v) is 30.8. The molecule has 3 aliphatic rings. The lowest BCUT2D eigenvalue weighted by Gasteiger charge is -2.21. The maximum absolute atomic E-state index is 13.3. The fraction of sp³-hybridized carbons (Fsp3) is 0.421. The van der Waals surface area contributed by atoms with Gasteiger partial charge in [0.15, 0.2) is 0 Å². The predicted molar refractivity (Wildman–Crippen MR) is 201 cm³/mol. The Hall–Kier alpha value is -3.78. The highest BCUT2D eigenvalue weighted by Gasteiger charge is 2.26. The zero-order valence-electron chi connectivity index (χ0n) is 29.2. The van der Waals surface area contributed by atoms with Crippen molar-refractivity contribution in [1.82, 2.24) is 29.6 Å². The first kappa shape index (κ1) is 35.6. The number of fused-ring (bicyclic) bond motifs is 2. The fourth-order valence-electron chi connectivity index (χ4n) is 7.45. The molecular formula is C38H46ClN7O4S. The van der Waals surface area contributed by atoms with Gasteiger partial charge in [-0.05, 0) is 66.8 Å². The van der Waals surface area contributed by atoms with Crippen molar-refractivity contribution in [3.8, 4) is 22.4 Å². The number of aliphatic hydroxyl groups is 1. The van der Waals surface area contributed by atoms with Gasteiger partial charge in [0.05, 0.1) is 16.7 Å². The Labute approximate surface area is 305 Å². The molecule has 11 nitrogen and oxygen atoms in total. The number of halogens is 1. The van der Waals surface area contributed by atoms with E-state index in [0.717, 1.165) is 105 Å². The highest BCUT2D eigenvalue weighted by molar-refractivity contribution is 7.89. The topological polar surface area (TPSA) is 123 Å². The number of carbonyl (C=O) groups is 1. The third-order valence-electron chi connectivity index (χ3n) is 10.3. The number of hydrogen-bond donors (Lipinski definition) is 3. The van der Waals surface area contributed by atoms with Gasteiger partial charge in [0.2, 0.25) is 10.0 Å². The Morgan fingerprint density at radius 3 is 2.71 bits per heavy atom. The van der Waals surface area contributed by atoms with Crippen molar-refractivity contribution in [1.29, 1.82) is 0 Å². The second-order valence-corrected chi connectivity index (χ2v) is 16.4. The maximum atomic E-state index is 13.3. The van der Waals surface area contributed by atoms with Crippen molar-refractivity contribution in [3.05, 3.63) is 88.1 Å². The number of nitrogens with zero attached hydrogens (tertiary/aromatic N) is 5. The first-order valence-electron chi connectivity index (χ1n) is 17.8. The summed E-state index contributed by atoms with van der Waals surface area (Å²) in [7, 11) is -0.482. The number of rotatable bonds is 12. The predicted octanol–water partition coefficient (Wildman–Crippen LogP) is 4.02. The molecule has 4 aromatic rings. The number of likely N-dealkylation sites (tertiary alicyclic amines) is 1. The van der Waals surface area contributed by atoms with E-state index in [1.807, 2.05) is 36.4 Å². The van der Waals surface area contributed by atoms with Crippen LogP contribution >= 0.6 is 11.6 Å². The number of nitrogens with one attached hydrogen (secondary N) is 2. The lowest BCUT2D eigenvalue weighted by Crippen LogP contribution is -2.34. The van der Waals surface area contributed by atoms with E-state index in [4.69, 9.17) is 16.7 Å². The van der Waals surface area contributed by atoms with E-state index in [0.29, 0.717) is 23.7 Å². The number of benzene rings is 3. The highest BCUT2D eigenvalue weighted by Crippen LogP contribution is 2.36. The van der Waals surface area contributed by atoms with Gasteiger partial charge in [-0.25, -0.2) is 12.7 Å². The van der Waals surface area contributed by atoms with Gasteiger partial charge in [-0.15, -0.1) is 0 Å². The highest BCUT2D eigenvalue weighted by atomic mass is 35.5. The fourth-order valence-corrected chi connectivity index (χ4v) is 8.60. The third kappa shape index (κ3) is 7.58. The number of hydrogen-bond acceptors (Lipinski definition) is 8. The van der Waals surface area contributed by atoms with Crippen LogP contribution in [0.5, 0.6) is 0 Å². The van der Waals surface area contributed by atoms with Crippen molar-refractivity contribution >= 4 is 33.2 Å². The average molecular weight is 732 g/mol. The van der Waals surface area contributed by atoms with E-state index in [-0.39, 0.29) is 16.9 Å². The van der Waals surface area contributed by atoms with Crippen molar-refractivity contribution in [3.63, 3.8) is 0 Å². The van der Waals surface area contributed by atoms with Crippen LogP contribution in [0.25, 0.3) is 22.4 Å². The van der Waals surface area contributed by atoms with E-state index >= 15 is 0 Å². The van der Waals surface area contributed by atoms with Gasteiger partial charge in [0.1, 0.15) is 0 Å². The molecule has 1 aromatic heterocycles. The SMILES string of the molecule is CN(C)S(=O)(=O)c1ccc2c(c1)N(CCNC(=O)c1cccc(-c3cc(-c4nn(CCCN5CCC(O)C5)c5c4CNCC5)ccc3Cl)c1)CC2. The van der Waals surface area contributed by atoms with Crippen molar-refractivity contribution in [2.45, 2.75) is 49.8 Å². The molecule has 1 amide bonds. The van der Waals surface area contributed by atoms with E-state index in [1.165, 1.54) is 29.7 Å². The number of amides is 1. The van der Waals surface area contributed by atoms with Crippen molar-refractivity contribution < 1.29 is 18.3 Å². The van der Waals surface area contributed by atoms with Crippen LogP contribution in [-0.4, -0.2) is 104 Å².